The van der Waals surface area contributed by atoms with Crippen LogP contribution in [0.5, 0.6) is 0 Å². The van der Waals surface area contributed by atoms with Crippen molar-refractivity contribution in [2.24, 2.45) is 0 Å². The van der Waals surface area contributed by atoms with E-state index >= 15 is 0 Å². The minimum absolute atomic E-state index is 0.0809. The number of carbonyl (C=O) groups is 1. The number of hydrogen-bond acceptors (Lipinski definition) is 4. The third-order valence-electron chi connectivity index (χ3n) is 5.55. The number of thiophene rings is 1. The molecule has 0 saturated carbocycles. The van der Waals surface area contributed by atoms with Crippen LogP contribution in [0.15, 0.2) is 66.0 Å². The molecule has 2 aromatic carbocycles. The summed E-state index contributed by atoms with van der Waals surface area (Å²) < 4.78 is 0. The highest BCUT2D eigenvalue weighted by Crippen LogP contribution is 2.35. The van der Waals surface area contributed by atoms with Gasteiger partial charge in [0.25, 0.3) is 0 Å². The lowest BCUT2D eigenvalue weighted by Crippen LogP contribution is -2.41. The third-order valence-corrected chi connectivity index (χ3v) is 6.43. The van der Waals surface area contributed by atoms with Gasteiger partial charge in [0.15, 0.2) is 0 Å². The molecule has 1 aliphatic rings. The summed E-state index contributed by atoms with van der Waals surface area (Å²) in [6.07, 6.45) is 1.03. The Morgan fingerprint density at radius 1 is 1.07 bits per heavy atom. The van der Waals surface area contributed by atoms with Crippen molar-refractivity contribution < 1.29 is 4.79 Å². The van der Waals surface area contributed by atoms with Crippen molar-refractivity contribution in [2.75, 3.05) is 37.0 Å². The molecule has 0 bridgehead atoms. The van der Waals surface area contributed by atoms with Crippen LogP contribution in [0, 0.1) is 0 Å². The number of nitrogens with zero attached hydrogens (tertiary/aromatic N) is 2. The summed E-state index contributed by atoms with van der Waals surface area (Å²) in [6.45, 7) is 2.06. The topological polar surface area (TPSA) is 47.6 Å². The molecule has 3 aromatic rings. The van der Waals surface area contributed by atoms with Crippen LogP contribution in [0.25, 0.3) is 0 Å². The maximum absolute atomic E-state index is 12.4. The predicted molar refractivity (Wildman–Crippen MR) is 126 cm³/mol. The standard InChI is InChI=1S/C24H28N4OS/c1-27(2)20-11-9-19(10-12-20)23(28-14-13-18-6-3-4-8-22(18)28)17-26-24(29)25-16-21-7-5-15-30-21/h3-12,15,23H,13-14,16-17H2,1-2H3,(H2,25,26,29). The van der Waals surface area contributed by atoms with Crippen molar-refractivity contribution in [3.63, 3.8) is 0 Å². The number of hydrogen-bond donors (Lipinski definition) is 2. The van der Waals surface area contributed by atoms with E-state index in [1.807, 2.05) is 31.6 Å². The molecular weight excluding hydrogens is 392 g/mol. The van der Waals surface area contributed by atoms with E-state index in [4.69, 9.17) is 0 Å². The number of para-hydroxylation sites is 1. The Kier molecular flexibility index (Phi) is 6.23. The van der Waals surface area contributed by atoms with Gasteiger partial charge in [0.05, 0.1) is 12.6 Å². The van der Waals surface area contributed by atoms with Crippen LogP contribution in [0.3, 0.4) is 0 Å². The average molecular weight is 421 g/mol. The first-order valence-corrected chi connectivity index (χ1v) is 11.2. The zero-order valence-corrected chi connectivity index (χ0v) is 18.3. The van der Waals surface area contributed by atoms with E-state index in [9.17, 15) is 4.79 Å². The maximum atomic E-state index is 12.4. The van der Waals surface area contributed by atoms with Crippen LogP contribution < -0.4 is 20.4 Å². The van der Waals surface area contributed by atoms with Crippen molar-refractivity contribution in [3.8, 4) is 0 Å². The molecule has 1 aromatic heterocycles. The van der Waals surface area contributed by atoms with E-state index in [0.29, 0.717) is 13.1 Å². The smallest absolute Gasteiger partial charge is 0.315 e. The SMILES string of the molecule is CN(C)c1ccc(C(CNC(=O)NCc2cccs2)N2CCc3ccccc32)cc1. The zero-order chi connectivity index (χ0) is 20.9. The van der Waals surface area contributed by atoms with Gasteiger partial charge in [-0.3, -0.25) is 0 Å². The highest BCUT2D eigenvalue weighted by Gasteiger charge is 2.27. The summed E-state index contributed by atoms with van der Waals surface area (Å²) in [4.78, 5) is 18.1. The Morgan fingerprint density at radius 2 is 1.87 bits per heavy atom. The van der Waals surface area contributed by atoms with Crippen LogP contribution >= 0.6 is 11.3 Å². The summed E-state index contributed by atoms with van der Waals surface area (Å²) >= 11 is 1.65. The summed E-state index contributed by atoms with van der Waals surface area (Å²) in [5, 5.41) is 8.07. The molecule has 1 aliphatic heterocycles. The highest BCUT2D eigenvalue weighted by atomic mass is 32.1. The molecule has 1 atom stereocenters. The van der Waals surface area contributed by atoms with Gasteiger partial charge >= 0.3 is 6.03 Å². The molecule has 0 radical (unpaired) electrons. The van der Waals surface area contributed by atoms with Crippen molar-refractivity contribution in [2.45, 2.75) is 19.0 Å². The summed E-state index contributed by atoms with van der Waals surface area (Å²) in [5.74, 6) is 0. The molecule has 0 saturated heterocycles. The minimum atomic E-state index is -0.134. The lowest BCUT2D eigenvalue weighted by molar-refractivity contribution is 0.240. The lowest BCUT2D eigenvalue weighted by atomic mass is 10.0. The molecule has 2 amide bonds. The highest BCUT2D eigenvalue weighted by molar-refractivity contribution is 7.09. The van der Waals surface area contributed by atoms with E-state index in [0.717, 1.165) is 17.8 Å². The van der Waals surface area contributed by atoms with Crippen LogP contribution in [0.2, 0.25) is 0 Å². The van der Waals surface area contributed by atoms with Gasteiger partial charge in [0.2, 0.25) is 0 Å². The van der Waals surface area contributed by atoms with Crippen molar-refractivity contribution in [3.05, 3.63) is 82.0 Å². The fourth-order valence-electron chi connectivity index (χ4n) is 3.92. The van der Waals surface area contributed by atoms with Crippen molar-refractivity contribution in [1.29, 1.82) is 0 Å². The molecule has 0 fully saturated rings. The Bertz CT molecular complexity index is 969. The second-order valence-electron chi connectivity index (χ2n) is 7.72. The zero-order valence-electron chi connectivity index (χ0n) is 17.5. The van der Waals surface area contributed by atoms with E-state index in [2.05, 4.69) is 69.0 Å². The molecule has 1 unspecified atom stereocenters. The maximum Gasteiger partial charge on any atom is 0.315 e. The molecular formula is C24H28N4OS. The van der Waals surface area contributed by atoms with E-state index in [1.165, 1.54) is 22.5 Å². The summed E-state index contributed by atoms with van der Waals surface area (Å²) in [5.41, 5.74) is 5.01. The normalized spacial score (nSPS) is 13.6. The van der Waals surface area contributed by atoms with E-state index in [1.54, 1.807) is 11.3 Å². The molecule has 2 N–H and O–H groups in total. The van der Waals surface area contributed by atoms with Crippen LogP contribution in [-0.2, 0) is 13.0 Å². The van der Waals surface area contributed by atoms with Gasteiger partial charge in [-0.2, -0.15) is 0 Å². The number of benzene rings is 2. The number of urea groups is 1. The second-order valence-corrected chi connectivity index (χ2v) is 8.75. The van der Waals surface area contributed by atoms with Gasteiger partial charge in [-0.05, 0) is 47.2 Å². The van der Waals surface area contributed by atoms with Gasteiger partial charge in [-0.1, -0.05) is 36.4 Å². The number of fused-ring (bicyclic) bond motifs is 1. The minimum Gasteiger partial charge on any atom is -0.378 e. The van der Waals surface area contributed by atoms with E-state index < -0.39 is 0 Å². The number of rotatable bonds is 7. The molecule has 0 spiro atoms. The molecule has 5 nitrogen and oxygen atoms in total. The Hall–Kier alpha value is -2.99. The first-order valence-electron chi connectivity index (χ1n) is 10.3. The molecule has 0 aliphatic carbocycles. The Morgan fingerprint density at radius 3 is 2.60 bits per heavy atom. The Balaban J connectivity index is 1.49. The van der Waals surface area contributed by atoms with Crippen molar-refractivity contribution >= 4 is 28.7 Å². The van der Waals surface area contributed by atoms with Gasteiger partial charge in [0, 0.05) is 43.4 Å². The second kappa shape index (κ2) is 9.22. The first-order chi connectivity index (χ1) is 14.6. The fourth-order valence-corrected chi connectivity index (χ4v) is 4.57. The first kappa shape index (κ1) is 20.3. The summed E-state index contributed by atoms with van der Waals surface area (Å²) in [6, 6.07) is 21.2. The summed E-state index contributed by atoms with van der Waals surface area (Å²) in [7, 11) is 4.09. The molecule has 2 heterocycles. The van der Waals surface area contributed by atoms with E-state index in [-0.39, 0.29) is 12.1 Å². The number of anilines is 2. The number of nitrogens with one attached hydrogen (secondary N) is 2. The fraction of sp³-hybridized carbons (Fsp3) is 0.292. The van der Waals surface area contributed by atoms with Gasteiger partial charge in [-0.25, -0.2) is 4.79 Å². The third kappa shape index (κ3) is 4.60. The quantitative estimate of drug-likeness (QED) is 0.595. The van der Waals surface area contributed by atoms with Gasteiger partial charge in [0.1, 0.15) is 0 Å². The van der Waals surface area contributed by atoms with Gasteiger partial charge < -0.3 is 20.4 Å². The van der Waals surface area contributed by atoms with Crippen LogP contribution in [-0.4, -0.2) is 33.2 Å². The molecule has 6 heteroatoms. The number of amides is 2. The predicted octanol–water partition coefficient (Wildman–Crippen LogP) is 4.42. The molecule has 30 heavy (non-hydrogen) atoms. The van der Waals surface area contributed by atoms with Gasteiger partial charge in [-0.15, -0.1) is 11.3 Å². The average Bonchev–Trinajstić information content (AvgIpc) is 3.43. The Labute approximate surface area is 182 Å². The lowest BCUT2D eigenvalue weighted by Gasteiger charge is -2.31. The molecule has 4 rings (SSSR count). The monoisotopic (exact) mass is 420 g/mol. The molecule has 156 valence electrons. The van der Waals surface area contributed by atoms with Crippen LogP contribution in [0.4, 0.5) is 16.2 Å². The van der Waals surface area contributed by atoms with Crippen LogP contribution in [0.1, 0.15) is 22.0 Å². The van der Waals surface area contributed by atoms with Crippen molar-refractivity contribution in [1.82, 2.24) is 10.6 Å². The largest absolute Gasteiger partial charge is 0.378 e. The number of carbonyl (C=O) groups excluding carboxylic acids is 1.